The van der Waals surface area contributed by atoms with Gasteiger partial charge in [0.1, 0.15) is 11.3 Å². The Balaban J connectivity index is 2.35. The monoisotopic (exact) mass is 266 g/mol. The molecular formula is C16H18N4. The van der Waals surface area contributed by atoms with Gasteiger partial charge in [-0.05, 0) is 56.2 Å². The second-order valence-corrected chi connectivity index (χ2v) is 5.04. The Hall–Kier alpha value is -2.36. The van der Waals surface area contributed by atoms with Crippen LogP contribution in [-0.4, -0.2) is 14.5 Å². The highest BCUT2D eigenvalue weighted by Crippen LogP contribution is 2.29. The van der Waals surface area contributed by atoms with Crippen LogP contribution < -0.4 is 5.73 Å². The Bertz CT molecular complexity index is 787. The minimum absolute atomic E-state index is 0.769. The van der Waals surface area contributed by atoms with Gasteiger partial charge in [0.2, 0.25) is 0 Å². The summed E-state index contributed by atoms with van der Waals surface area (Å²) in [5.41, 5.74) is 12.1. The molecule has 3 aromatic rings. The number of hydrogen-bond acceptors (Lipinski definition) is 3. The fourth-order valence-corrected chi connectivity index (χ4v) is 2.58. The minimum atomic E-state index is 0.769. The van der Waals surface area contributed by atoms with E-state index < -0.39 is 0 Å². The average molecular weight is 266 g/mol. The maximum atomic E-state index is 6.00. The van der Waals surface area contributed by atoms with Crippen molar-refractivity contribution in [1.29, 1.82) is 0 Å². The van der Waals surface area contributed by atoms with E-state index >= 15 is 0 Å². The van der Waals surface area contributed by atoms with Gasteiger partial charge >= 0.3 is 0 Å². The summed E-state index contributed by atoms with van der Waals surface area (Å²) in [6.07, 6.45) is 1.80. The van der Waals surface area contributed by atoms with Gasteiger partial charge in [0.15, 0.2) is 5.65 Å². The molecule has 102 valence electrons. The van der Waals surface area contributed by atoms with Crippen molar-refractivity contribution in [3.63, 3.8) is 0 Å². The normalized spacial score (nSPS) is 11.2. The molecule has 1 aromatic carbocycles. The predicted molar refractivity (Wildman–Crippen MR) is 82.5 cm³/mol. The lowest BCUT2D eigenvalue weighted by Gasteiger charge is -2.11. The molecule has 3 rings (SSSR count). The van der Waals surface area contributed by atoms with Crippen LogP contribution >= 0.6 is 0 Å². The molecule has 2 N–H and O–H groups in total. The van der Waals surface area contributed by atoms with Crippen molar-refractivity contribution in [2.45, 2.75) is 27.3 Å². The fourth-order valence-electron chi connectivity index (χ4n) is 2.58. The van der Waals surface area contributed by atoms with E-state index in [1.807, 2.05) is 24.3 Å². The first-order chi connectivity index (χ1) is 9.61. The van der Waals surface area contributed by atoms with Crippen molar-refractivity contribution in [1.82, 2.24) is 14.5 Å². The van der Waals surface area contributed by atoms with Gasteiger partial charge in [-0.15, -0.1) is 0 Å². The fraction of sp³-hybridized carbons (Fsp3) is 0.250. The van der Waals surface area contributed by atoms with Gasteiger partial charge in [0, 0.05) is 24.0 Å². The molecule has 20 heavy (non-hydrogen) atoms. The first-order valence-corrected chi connectivity index (χ1v) is 6.80. The number of hydrogen-bond donors (Lipinski definition) is 1. The van der Waals surface area contributed by atoms with Crippen molar-refractivity contribution in [3.05, 3.63) is 41.6 Å². The number of anilines is 1. The van der Waals surface area contributed by atoms with Crippen LogP contribution in [0.25, 0.3) is 22.6 Å². The highest BCUT2D eigenvalue weighted by atomic mass is 15.1. The maximum absolute atomic E-state index is 6.00. The van der Waals surface area contributed by atoms with Crippen molar-refractivity contribution < 1.29 is 0 Å². The largest absolute Gasteiger partial charge is 0.399 e. The molecule has 2 heterocycles. The third-order valence-corrected chi connectivity index (χ3v) is 3.75. The van der Waals surface area contributed by atoms with Crippen LogP contribution in [0.15, 0.2) is 30.5 Å². The van der Waals surface area contributed by atoms with Crippen LogP contribution in [0, 0.1) is 13.8 Å². The van der Waals surface area contributed by atoms with E-state index in [-0.39, 0.29) is 0 Å². The van der Waals surface area contributed by atoms with E-state index in [0.29, 0.717) is 0 Å². The van der Waals surface area contributed by atoms with Gasteiger partial charge in [0.05, 0.1) is 0 Å². The molecule has 0 spiro atoms. The van der Waals surface area contributed by atoms with E-state index in [9.17, 15) is 0 Å². The highest BCUT2D eigenvalue weighted by molar-refractivity contribution is 5.79. The molecular weight excluding hydrogens is 248 g/mol. The van der Waals surface area contributed by atoms with Gasteiger partial charge in [0.25, 0.3) is 0 Å². The standard InChI is InChI=1S/C16H18N4/c1-4-20-15(19-14-6-5-7-18-16(14)20)13-9-12(17)8-10(2)11(13)3/h5-9H,4,17H2,1-3H3. The number of fused-ring (bicyclic) bond motifs is 1. The van der Waals surface area contributed by atoms with Crippen LogP contribution in [0.2, 0.25) is 0 Å². The molecule has 0 fully saturated rings. The number of benzene rings is 1. The van der Waals surface area contributed by atoms with E-state index in [1.54, 1.807) is 6.20 Å². The molecule has 4 nitrogen and oxygen atoms in total. The number of pyridine rings is 1. The number of rotatable bonds is 2. The summed E-state index contributed by atoms with van der Waals surface area (Å²) in [6.45, 7) is 7.12. The molecule has 0 saturated heterocycles. The van der Waals surface area contributed by atoms with Gasteiger partial charge in [-0.2, -0.15) is 0 Å². The van der Waals surface area contributed by atoms with E-state index in [4.69, 9.17) is 10.7 Å². The van der Waals surface area contributed by atoms with Crippen LogP contribution in [0.5, 0.6) is 0 Å². The van der Waals surface area contributed by atoms with Gasteiger partial charge in [-0.25, -0.2) is 9.97 Å². The summed E-state index contributed by atoms with van der Waals surface area (Å²) in [5, 5.41) is 0. The van der Waals surface area contributed by atoms with Crippen molar-refractivity contribution in [3.8, 4) is 11.4 Å². The Kier molecular flexibility index (Phi) is 2.93. The third kappa shape index (κ3) is 1.84. The third-order valence-electron chi connectivity index (χ3n) is 3.75. The number of nitrogens with two attached hydrogens (primary N) is 1. The summed E-state index contributed by atoms with van der Waals surface area (Å²) in [5.74, 6) is 0.939. The molecule has 0 radical (unpaired) electrons. The number of aryl methyl sites for hydroxylation is 2. The molecule has 2 aromatic heterocycles. The molecule has 0 aliphatic heterocycles. The Labute approximate surface area is 118 Å². The number of aromatic nitrogens is 3. The molecule has 0 saturated carbocycles. The summed E-state index contributed by atoms with van der Waals surface area (Å²) in [6, 6.07) is 7.90. The molecule has 0 atom stereocenters. The zero-order chi connectivity index (χ0) is 14.3. The molecule has 0 amide bonds. The number of nitrogens with zero attached hydrogens (tertiary/aromatic N) is 3. The van der Waals surface area contributed by atoms with Crippen molar-refractivity contribution >= 4 is 16.9 Å². The summed E-state index contributed by atoms with van der Waals surface area (Å²) < 4.78 is 2.14. The molecule has 0 aliphatic rings. The van der Waals surface area contributed by atoms with E-state index in [2.05, 4.69) is 30.3 Å². The minimum Gasteiger partial charge on any atom is -0.399 e. The smallest absolute Gasteiger partial charge is 0.160 e. The van der Waals surface area contributed by atoms with Crippen LogP contribution in [0.1, 0.15) is 18.1 Å². The van der Waals surface area contributed by atoms with Crippen LogP contribution in [0.4, 0.5) is 5.69 Å². The van der Waals surface area contributed by atoms with Gasteiger partial charge in [-0.3, -0.25) is 0 Å². The average Bonchev–Trinajstić information content (AvgIpc) is 2.81. The predicted octanol–water partition coefficient (Wildman–Crippen LogP) is 3.32. The zero-order valence-electron chi connectivity index (χ0n) is 12.0. The quantitative estimate of drug-likeness (QED) is 0.724. The van der Waals surface area contributed by atoms with Gasteiger partial charge in [-0.1, -0.05) is 0 Å². The Morgan fingerprint density at radius 2 is 2.05 bits per heavy atom. The lowest BCUT2D eigenvalue weighted by Crippen LogP contribution is -2.01. The lowest BCUT2D eigenvalue weighted by atomic mass is 10.0. The SMILES string of the molecule is CCn1c(-c2cc(N)cc(C)c2C)nc2cccnc21. The molecule has 0 unspecified atom stereocenters. The Morgan fingerprint density at radius 1 is 1.25 bits per heavy atom. The summed E-state index contributed by atoms with van der Waals surface area (Å²) >= 11 is 0. The molecule has 4 heteroatoms. The molecule has 0 bridgehead atoms. The van der Waals surface area contributed by atoms with E-state index in [0.717, 1.165) is 34.8 Å². The summed E-state index contributed by atoms with van der Waals surface area (Å²) in [7, 11) is 0. The van der Waals surface area contributed by atoms with Crippen molar-refractivity contribution in [2.75, 3.05) is 5.73 Å². The first kappa shape index (κ1) is 12.7. The van der Waals surface area contributed by atoms with Crippen LogP contribution in [-0.2, 0) is 6.54 Å². The lowest BCUT2D eigenvalue weighted by molar-refractivity contribution is 0.786. The Morgan fingerprint density at radius 3 is 2.80 bits per heavy atom. The molecule has 0 aliphatic carbocycles. The van der Waals surface area contributed by atoms with Crippen molar-refractivity contribution in [2.24, 2.45) is 0 Å². The number of nitrogen functional groups attached to an aromatic ring is 1. The highest BCUT2D eigenvalue weighted by Gasteiger charge is 2.15. The van der Waals surface area contributed by atoms with Gasteiger partial charge < -0.3 is 10.3 Å². The zero-order valence-corrected chi connectivity index (χ0v) is 12.0. The topological polar surface area (TPSA) is 56.7 Å². The maximum Gasteiger partial charge on any atom is 0.160 e. The van der Waals surface area contributed by atoms with E-state index in [1.165, 1.54) is 11.1 Å². The second kappa shape index (κ2) is 4.63. The second-order valence-electron chi connectivity index (χ2n) is 5.04. The summed E-state index contributed by atoms with van der Waals surface area (Å²) in [4.78, 5) is 9.18. The number of imidazole rings is 1. The van der Waals surface area contributed by atoms with Crippen LogP contribution in [0.3, 0.4) is 0 Å². The first-order valence-electron chi connectivity index (χ1n) is 6.80.